The fourth-order valence-corrected chi connectivity index (χ4v) is 0.703. The van der Waals surface area contributed by atoms with E-state index in [1.165, 1.54) is 0 Å². The van der Waals surface area contributed by atoms with Gasteiger partial charge in [-0.3, -0.25) is 4.79 Å². The average Bonchev–Trinajstić information content (AvgIpc) is 1.82. The van der Waals surface area contributed by atoms with Crippen LogP contribution in [0.15, 0.2) is 0 Å². The minimum Gasteiger partial charge on any atom is -0.550 e. The zero-order valence-corrected chi connectivity index (χ0v) is 8.67. The molecule has 0 heterocycles. The molecule has 0 aliphatic rings. The predicted octanol–water partition coefficient (Wildman–Crippen LogP) is -3.41. The number of aliphatic carboxylic acids is 3. The van der Waals surface area contributed by atoms with Crippen molar-refractivity contribution in [2.75, 3.05) is 0 Å². The smallest absolute Gasteiger partial charge is 0.550 e. The SMILES string of the molecule is O.O=C([O-])CC(O)(CC(=O)O)C(=O)O.[Ag+]. The standard InChI is InChI=1S/C6H8O7.Ag.H2O/c7-3(8)1-6(13,5(11)12)2-4(9)10;;/h13H,1-2H2,(H,7,8)(H,9,10)(H,11,12);;1H2/q;+1;/p-1. The van der Waals surface area contributed by atoms with Crippen LogP contribution in [0.4, 0.5) is 0 Å². The van der Waals surface area contributed by atoms with Gasteiger partial charge in [0.15, 0.2) is 5.60 Å². The number of carbonyl (C=O) groups excluding carboxylic acids is 1. The summed E-state index contributed by atoms with van der Waals surface area (Å²) < 4.78 is 0. The van der Waals surface area contributed by atoms with Crippen LogP contribution >= 0.6 is 0 Å². The molecule has 0 bridgehead atoms. The molecule has 1 atom stereocenters. The van der Waals surface area contributed by atoms with Gasteiger partial charge in [-0.15, -0.1) is 0 Å². The molecule has 15 heavy (non-hydrogen) atoms. The first kappa shape index (κ1) is 19.6. The molecule has 0 saturated heterocycles. The Kier molecular flexibility index (Phi) is 9.64. The molecule has 0 aliphatic carbocycles. The molecule has 0 rings (SSSR count). The molecule has 8 nitrogen and oxygen atoms in total. The Hall–Kier alpha value is -0.930. The van der Waals surface area contributed by atoms with E-state index >= 15 is 0 Å². The van der Waals surface area contributed by atoms with Crippen LogP contribution in [0.3, 0.4) is 0 Å². The van der Waals surface area contributed by atoms with Crippen molar-refractivity contribution in [3.8, 4) is 0 Å². The van der Waals surface area contributed by atoms with Gasteiger partial charge in [0.05, 0.1) is 6.42 Å². The van der Waals surface area contributed by atoms with Crippen LogP contribution in [-0.2, 0) is 36.8 Å². The summed E-state index contributed by atoms with van der Waals surface area (Å²) in [4.78, 5) is 30.3. The molecule has 0 aromatic heterocycles. The van der Waals surface area contributed by atoms with Crippen molar-refractivity contribution in [1.82, 2.24) is 0 Å². The average molecular weight is 317 g/mol. The molecular weight excluding hydrogens is 308 g/mol. The Balaban J connectivity index is -0.000000720. The normalized spacial score (nSPS) is 12.6. The fourth-order valence-electron chi connectivity index (χ4n) is 0.703. The second-order valence-corrected chi connectivity index (χ2v) is 2.46. The predicted molar refractivity (Wildman–Crippen MR) is 38.1 cm³/mol. The number of carbonyl (C=O) groups is 3. The van der Waals surface area contributed by atoms with Crippen LogP contribution < -0.4 is 5.11 Å². The zero-order chi connectivity index (χ0) is 10.6. The summed E-state index contributed by atoms with van der Waals surface area (Å²) in [5.41, 5.74) is -2.80. The number of aliphatic hydroxyl groups is 1. The number of hydrogen-bond donors (Lipinski definition) is 3. The second kappa shape index (κ2) is 7.37. The van der Waals surface area contributed by atoms with Crippen molar-refractivity contribution in [3.05, 3.63) is 0 Å². The van der Waals surface area contributed by atoms with Gasteiger partial charge < -0.3 is 30.7 Å². The van der Waals surface area contributed by atoms with E-state index in [2.05, 4.69) is 0 Å². The van der Waals surface area contributed by atoms with Gasteiger partial charge in [-0.05, 0) is 0 Å². The van der Waals surface area contributed by atoms with E-state index in [0.29, 0.717) is 0 Å². The van der Waals surface area contributed by atoms with Crippen LogP contribution in [-0.4, -0.2) is 44.3 Å². The summed E-state index contributed by atoms with van der Waals surface area (Å²) in [6.45, 7) is 0. The molecule has 0 radical (unpaired) electrons. The van der Waals surface area contributed by atoms with Crippen LogP contribution in [0.5, 0.6) is 0 Å². The summed E-state index contributed by atoms with van der Waals surface area (Å²) in [6.07, 6.45) is -2.44. The van der Waals surface area contributed by atoms with Crippen molar-refractivity contribution >= 4 is 17.9 Å². The maximum atomic E-state index is 10.3. The molecule has 0 aromatic carbocycles. The first-order chi connectivity index (χ1) is 5.78. The third-order valence-corrected chi connectivity index (χ3v) is 1.28. The summed E-state index contributed by atoms with van der Waals surface area (Å²) in [5, 5.41) is 35.5. The monoisotopic (exact) mass is 316 g/mol. The molecule has 0 aromatic rings. The largest absolute Gasteiger partial charge is 1.00 e. The summed E-state index contributed by atoms with van der Waals surface area (Å²) in [5.74, 6) is -5.34. The third-order valence-electron chi connectivity index (χ3n) is 1.28. The Morgan fingerprint density at radius 1 is 1.13 bits per heavy atom. The van der Waals surface area contributed by atoms with Gasteiger partial charge in [0.2, 0.25) is 0 Å². The van der Waals surface area contributed by atoms with Gasteiger partial charge in [0.25, 0.3) is 0 Å². The topological polar surface area (TPSA) is 166 Å². The van der Waals surface area contributed by atoms with E-state index in [4.69, 9.17) is 15.3 Å². The quantitative estimate of drug-likeness (QED) is 0.444. The Labute approximate surface area is 99.3 Å². The van der Waals surface area contributed by atoms with E-state index in [9.17, 15) is 19.5 Å². The van der Waals surface area contributed by atoms with E-state index < -0.39 is 36.4 Å². The molecule has 9 heteroatoms. The minimum absolute atomic E-state index is 0. The first-order valence-electron chi connectivity index (χ1n) is 3.15. The number of carboxylic acids is 3. The minimum atomic E-state index is -2.80. The van der Waals surface area contributed by atoms with Crippen molar-refractivity contribution in [2.45, 2.75) is 18.4 Å². The van der Waals surface area contributed by atoms with Gasteiger partial charge in [0, 0.05) is 12.4 Å². The Bertz CT molecular complexity index is 234. The van der Waals surface area contributed by atoms with E-state index in [-0.39, 0.29) is 27.9 Å². The van der Waals surface area contributed by atoms with Crippen LogP contribution in [0.25, 0.3) is 0 Å². The molecule has 0 spiro atoms. The van der Waals surface area contributed by atoms with Crippen LogP contribution in [0.2, 0.25) is 0 Å². The summed E-state index contributed by atoms with van der Waals surface area (Å²) >= 11 is 0. The van der Waals surface area contributed by atoms with Gasteiger partial charge in [-0.1, -0.05) is 0 Å². The van der Waals surface area contributed by atoms with Crippen molar-refractivity contribution < 1.29 is 62.7 Å². The van der Waals surface area contributed by atoms with Crippen molar-refractivity contribution in [1.29, 1.82) is 0 Å². The van der Waals surface area contributed by atoms with Crippen LogP contribution in [0.1, 0.15) is 12.8 Å². The number of hydrogen-bond acceptors (Lipinski definition) is 5. The van der Waals surface area contributed by atoms with Crippen LogP contribution in [0, 0.1) is 0 Å². The maximum Gasteiger partial charge on any atom is 1.00 e. The zero-order valence-electron chi connectivity index (χ0n) is 7.19. The second-order valence-electron chi connectivity index (χ2n) is 2.46. The van der Waals surface area contributed by atoms with E-state index in [1.54, 1.807) is 0 Å². The Morgan fingerprint density at radius 2 is 1.53 bits per heavy atom. The van der Waals surface area contributed by atoms with Gasteiger partial charge in [-0.25, -0.2) is 4.79 Å². The molecule has 5 N–H and O–H groups in total. The molecule has 92 valence electrons. The number of carboxylic acid groups (broad SMARTS) is 3. The summed E-state index contributed by atoms with van der Waals surface area (Å²) in [7, 11) is 0. The molecule has 0 fully saturated rings. The molecular formula is C6H9AgO8. The molecule has 0 amide bonds. The Morgan fingerprint density at radius 3 is 1.73 bits per heavy atom. The molecule has 0 saturated carbocycles. The van der Waals surface area contributed by atoms with Gasteiger partial charge in [-0.2, -0.15) is 0 Å². The van der Waals surface area contributed by atoms with Gasteiger partial charge in [0.1, 0.15) is 0 Å². The third kappa shape index (κ3) is 7.05. The fraction of sp³-hybridized carbons (Fsp3) is 0.500. The molecule has 0 aliphatic heterocycles. The van der Waals surface area contributed by atoms with Crippen molar-refractivity contribution in [3.63, 3.8) is 0 Å². The summed E-state index contributed by atoms with van der Waals surface area (Å²) in [6, 6.07) is 0. The molecule has 1 unspecified atom stereocenters. The van der Waals surface area contributed by atoms with Crippen molar-refractivity contribution in [2.24, 2.45) is 0 Å². The number of rotatable bonds is 5. The van der Waals surface area contributed by atoms with E-state index in [0.717, 1.165) is 0 Å². The van der Waals surface area contributed by atoms with Gasteiger partial charge >= 0.3 is 34.3 Å². The first-order valence-corrected chi connectivity index (χ1v) is 3.15. The maximum absolute atomic E-state index is 10.3. The van der Waals surface area contributed by atoms with E-state index in [1.807, 2.05) is 0 Å².